The summed E-state index contributed by atoms with van der Waals surface area (Å²) in [6.07, 6.45) is 1.41. The van der Waals surface area contributed by atoms with Gasteiger partial charge >= 0.3 is 5.97 Å². The monoisotopic (exact) mass is 412 g/mol. The zero-order valence-electron chi connectivity index (χ0n) is 13.4. The smallest absolute Gasteiger partial charge is 0.340 e. The van der Waals surface area contributed by atoms with E-state index in [1.165, 1.54) is 6.33 Å². The Balaban J connectivity index is 1.88. The van der Waals surface area contributed by atoms with E-state index in [1.54, 1.807) is 18.2 Å². The first-order chi connectivity index (χ1) is 12.4. The summed E-state index contributed by atoms with van der Waals surface area (Å²) in [5.41, 5.74) is 1.33. The summed E-state index contributed by atoms with van der Waals surface area (Å²) in [6.45, 7) is 3.23. The molecule has 7 nitrogen and oxygen atoms in total. The van der Waals surface area contributed by atoms with Crippen molar-refractivity contribution in [1.29, 1.82) is 0 Å². The van der Waals surface area contributed by atoms with Crippen LogP contribution in [0.5, 0.6) is 0 Å². The molecule has 8 heteroatoms. The Labute approximate surface area is 156 Å². The first-order valence-corrected chi connectivity index (χ1v) is 8.24. The lowest BCUT2D eigenvalue weighted by molar-refractivity contribution is -0.134. The van der Waals surface area contributed by atoms with Crippen molar-refractivity contribution in [1.82, 2.24) is 9.97 Å². The number of carbonyl (C=O) groups excluding carboxylic acids is 1. The van der Waals surface area contributed by atoms with Crippen LogP contribution in [0.1, 0.15) is 0 Å². The number of hydrogen-bond acceptors (Lipinski definition) is 5. The molecule has 1 heterocycles. The number of rotatable bonds is 5. The molecule has 0 saturated carbocycles. The Bertz CT molecular complexity index is 1040. The molecule has 0 radical (unpaired) electrons. The van der Waals surface area contributed by atoms with E-state index in [-0.39, 0.29) is 0 Å². The second-order valence-electron chi connectivity index (χ2n) is 5.33. The highest BCUT2D eigenvalue weighted by Crippen LogP contribution is 2.26. The third-order valence-electron chi connectivity index (χ3n) is 3.51. The van der Waals surface area contributed by atoms with Gasteiger partial charge in [-0.3, -0.25) is 4.79 Å². The van der Waals surface area contributed by atoms with Crippen molar-refractivity contribution in [2.45, 2.75) is 0 Å². The Morgan fingerprint density at radius 1 is 1.08 bits per heavy atom. The molecule has 0 fully saturated rings. The number of hydrogen-bond donors (Lipinski definition) is 3. The quantitative estimate of drug-likeness (QED) is 0.335. The largest absolute Gasteiger partial charge is 0.478 e. The molecule has 0 aliphatic rings. The Morgan fingerprint density at radius 2 is 1.88 bits per heavy atom. The molecular weight excluding hydrogens is 400 g/mol. The zero-order valence-corrected chi connectivity index (χ0v) is 14.9. The first-order valence-electron chi connectivity index (χ1n) is 7.45. The van der Waals surface area contributed by atoms with Crippen LogP contribution >= 0.6 is 15.9 Å². The minimum absolute atomic E-state index is 0.414. The van der Waals surface area contributed by atoms with E-state index in [1.807, 2.05) is 24.3 Å². The average Bonchev–Trinajstić information content (AvgIpc) is 2.61. The maximum Gasteiger partial charge on any atom is 0.340 e. The van der Waals surface area contributed by atoms with Crippen LogP contribution in [0.15, 0.2) is 65.4 Å². The van der Waals surface area contributed by atoms with Gasteiger partial charge in [0.25, 0.3) is 5.91 Å². The van der Waals surface area contributed by atoms with Gasteiger partial charge in [-0.2, -0.15) is 0 Å². The normalized spacial score (nSPS) is 10.3. The number of halogens is 1. The summed E-state index contributed by atoms with van der Waals surface area (Å²) in [7, 11) is 0. The van der Waals surface area contributed by atoms with Gasteiger partial charge in [-0.05, 0) is 36.4 Å². The van der Waals surface area contributed by atoms with Gasteiger partial charge in [0, 0.05) is 21.2 Å². The Morgan fingerprint density at radius 3 is 2.62 bits per heavy atom. The van der Waals surface area contributed by atoms with Gasteiger partial charge in [0.2, 0.25) is 0 Å². The van der Waals surface area contributed by atoms with Crippen molar-refractivity contribution >= 4 is 55.9 Å². The number of nitrogens with zero attached hydrogens (tertiary/aromatic N) is 2. The first kappa shape index (κ1) is 17.6. The SMILES string of the molecule is C=C(C(=O)O)C(=O)Nc1ccc2c(Nc3cccc(Br)c3)ncnc2c1. The summed E-state index contributed by atoms with van der Waals surface area (Å²) in [4.78, 5) is 31.0. The second-order valence-corrected chi connectivity index (χ2v) is 6.24. The van der Waals surface area contributed by atoms with Crippen molar-refractivity contribution in [2.24, 2.45) is 0 Å². The van der Waals surface area contributed by atoms with Crippen LogP contribution in [0.4, 0.5) is 17.2 Å². The van der Waals surface area contributed by atoms with Crippen LogP contribution in [0.2, 0.25) is 0 Å². The zero-order chi connectivity index (χ0) is 18.7. The van der Waals surface area contributed by atoms with Crippen LogP contribution in [0.25, 0.3) is 10.9 Å². The predicted molar refractivity (Wildman–Crippen MR) is 102 cm³/mol. The number of amides is 1. The number of anilines is 3. The van der Waals surface area contributed by atoms with Crippen molar-refractivity contribution in [3.05, 3.63) is 65.4 Å². The minimum atomic E-state index is -1.37. The predicted octanol–water partition coefficient (Wildman–Crippen LogP) is 3.72. The van der Waals surface area contributed by atoms with Gasteiger partial charge < -0.3 is 15.7 Å². The highest BCUT2D eigenvalue weighted by atomic mass is 79.9. The maximum absolute atomic E-state index is 11.8. The topological polar surface area (TPSA) is 104 Å². The Kier molecular flexibility index (Phi) is 4.94. The number of carbonyl (C=O) groups is 2. The molecule has 1 amide bonds. The molecule has 1 aromatic heterocycles. The van der Waals surface area contributed by atoms with Gasteiger partial charge in [0.15, 0.2) is 0 Å². The van der Waals surface area contributed by atoms with Crippen LogP contribution < -0.4 is 10.6 Å². The van der Waals surface area contributed by atoms with Crippen LogP contribution in [-0.2, 0) is 9.59 Å². The van der Waals surface area contributed by atoms with Gasteiger partial charge in [0.1, 0.15) is 17.7 Å². The standard InChI is InChI=1S/C18H13BrN4O3/c1-10(18(25)26)17(24)23-13-5-6-14-15(8-13)20-9-21-16(14)22-12-4-2-3-11(19)7-12/h2-9H,1H2,(H,23,24)(H,25,26)(H,20,21,22). The molecule has 0 atom stereocenters. The second kappa shape index (κ2) is 7.32. The van der Waals surface area contributed by atoms with E-state index in [2.05, 4.69) is 43.1 Å². The lowest BCUT2D eigenvalue weighted by atomic mass is 10.2. The molecule has 3 aromatic rings. The van der Waals surface area contributed by atoms with E-state index in [0.717, 1.165) is 15.5 Å². The number of carboxylic acid groups (broad SMARTS) is 1. The molecule has 26 heavy (non-hydrogen) atoms. The molecule has 2 aromatic carbocycles. The number of fused-ring (bicyclic) bond motifs is 1. The van der Waals surface area contributed by atoms with Crippen molar-refractivity contribution in [2.75, 3.05) is 10.6 Å². The lowest BCUT2D eigenvalue weighted by Gasteiger charge is -2.10. The number of benzene rings is 2. The van der Waals surface area contributed by atoms with E-state index in [4.69, 9.17) is 5.11 Å². The molecule has 0 aliphatic heterocycles. The maximum atomic E-state index is 11.8. The van der Waals surface area contributed by atoms with E-state index in [0.29, 0.717) is 17.0 Å². The van der Waals surface area contributed by atoms with Gasteiger partial charge in [0.05, 0.1) is 5.52 Å². The molecule has 0 saturated heterocycles. The highest BCUT2D eigenvalue weighted by Gasteiger charge is 2.15. The fourth-order valence-corrected chi connectivity index (χ4v) is 2.64. The fraction of sp³-hybridized carbons (Fsp3) is 0. The summed E-state index contributed by atoms with van der Waals surface area (Å²) < 4.78 is 0.935. The third-order valence-corrected chi connectivity index (χ3v) is 4.01. The minimum Gasteiger partial charge on any atom is -0.478 e. The molecule has 3 N–H and O–H groups in total. The molecule has 0 aliphatic carbocycles. The highest BCUT2D eigenvalue weighted by molar-refractivity contribution is 9.10. The molecule has 0 bridgehead atoms. The third kappa shape index (κ3) is 3.86. The van der Waals surface area contributed by atoms with E-state index >= 15 is 0 Å². The number of aromatic nitrogens is 2. The summed E-state index contributed by atoms with van der Waals surface area (Å²) in [5, 5.41) is 15.3. The lowest BCUT2D eigenvalue weighted by Crippen LogP contribution is -2.19. The number of aliphatic carboxylic acids is 1. The van der Waals surface area contributed by atoms with Crippen LogP contribution in [0, 0.1) is 0 Å². The number of nitrogens with one attached hydrogen (secondary N) is 2. The fourth-order valence-electron chi connectivity index (χ4n) is 2.24. The van der Waals surface area contributed by atoms with Crippen molar-refractivity contribution < 1.29 is 14.7 Å². The molecule has 3 rings (SSSR count). The van der Waals surface area contributed by atoms with Gasteiger partial charge in [-0.25, -0.2) is 14.8 Å². The van der Waals surface area contributed by atoms with Crippen molar-refractivity contribution in [3.8, 4) is 0 Å². The van der Waals surface area contributed by atoms with Gasteiger partial charge in [-0.1, -0.05) is 28.6 Å². The van der Waals surface area contributed by atoms with E-state index in [9.17, 15) is 9.59 Å². The van der Waals surface area contributed by atoms with Crippen molar-refractivity contribution in [3.63, 3.8) is 0 Å². The molecule has 0 unspecified atom stereocenters. The van der Waals surface area contributed by atoms with Crippen LogP contribution in [-0.4, -0.2) is 27.0 Å². The summed E-state index contributed by atoms with van der Waals surface area (Å²) >= 11 is 3.42. The Hall–Kier alpha value is -3.26. The molecule has 0 spiro atoms. The summed E-state index contributed by atoms with van der Waals surface area (Å²) in [5.74, 6) is -1.54. The number of carboxylic acids is 1. The molecular formula is C18H13BrN4O3. The van der Waals surface area contributed by atoms with E-state index < -0.39 is 17.4 Å². The van der Waals surface area contributed by atoms with Crippen LogP contribution in [0.3, 0.4) is 0 Å². The van der Waals surface area contributed by atoms with Gasteiger partial charge in [-0.15, -0.1) is 0 Å². The average molecular weight is 413 g/mol. The molecule has 130 valence electrons. The summed E-state index contributed by atoms with van der Waals surface area (Å²) in [6, 6.07) is 12.7.